The molecule has 2 rings (SSSR count). The summed E-state index contributed by atoms with van der Waals surface area (Å²) < 4.78 is 0. The molecule has 0 aliphatic carbocycles. The van der Waals surface area contributed by atoms with E-state index in [1.165, 1.54) is 0 Å². The van der Waals surface area contributed by atoms with E-state index in [-0.39, 0.29) is 5.69 Å². The number of thioether (sulfide) groups is 1. The van der Waals surface area contributed by atoms with E-state index in [4.69, 9.17) is 5.11 Å². The molecule has 0 fully saturated rings. The normalized spacial score (nSPS) is 14.2. The van der Waals surface area contributed by atoms with E-state index in [1.807, 2.05) is 0 Å². The third kappa shape index (κ3) is 1.39. The number of carboxylic acid groups (broad SMARTS) is 1. The van der Waals surface area contributed by atoms with E-state index in [2.05, 4.69) is 9.97 Å². The first-order chi connectivity index (χ1) is 6.18. The van der Waals surface area contributed by atoms with Gasteiger partial charge < -0.3 is 5.11 Å². The second-order valence-electron chi connectivity index (χ2n) is 2.84. The van der Waals surface area contributed by atoms with E-state index < -0.39 is 5.97 Å². The minimum absolute atomic E-state index is 0.174. The fourth-order valence-corrected chi connectivity index (χ4v) is 2.39. The Hall–Kier alpha value is -1.10. The maximum Gasteiger partial charge on any atom is 0.354 e. The van der Waals surface area contributed by atoms with Crippen molar-refractivity contribution in [2.75, 3.05) is 0 Å². The minimum atomic E-state index is -0.954. The number of carbonyl (C=O) groups is 1. The highest BCUT2D eigenvalue weighted by Gasteiger charge is 2.22. The van der Waals surface area contributed by atoms with Crippen LogP contribution in [-0.4, -0.2) is 21.0 Å². The summed E-state index contributed by atoms with van der Waals surface area (Å²) in [4.78, 5) is 18.9. The van der Waals surface area contributed by atoms with Gasteiger partial charge in [0.1, 0.15) is 5.82 Å². The Morgan fingerprint density at radius 1 is 1.46 bits per heavy atom. The summed E-state index contributed by atoms with van der Waals surface area (Å²) in [6.07, 6.45) is 0. The van der Waals surface area contributed by atoms with Crippen molar-refractivity contribution < 1.29 is 9.90 Å². The first-order valence-corrected chi connectivity index (χ1v) is 5.01. The Balaban J connectivity index is 2.62. The summed E-state index contributed by atoms with van der Waals surface area (Å²) in [6.45, 7) is 1.72. The molecule has 68 valence electrons. The van der Waals surface area contributed by atoms with E-state index in [0.29, 0.717) is 5.82 Å². The van der Waals surface area contributed by atoms with Gasteiger partial charge in [-0.05, 0) is 6.92 Å². The van der Waals surface area contributed by atoms with E-state index in [9.17, 15) is 4.79 Å². The van der Waals surface area contributed by atoms with Crippen LogP contribution in [0.2, 0.25) is 0 Å². The van der Waals surface area contributed by atoms with Crippen LogP contribution in [0.3, 0.4) is 0 Å². The van der Waals surface area contributed by atoms with Crippen LogP contribution in [0.1, 0.15) is 27.6 Å². The van der Waals surface area contributed by atoms with Gasteiger partial charge in [0.2, 0.25) is 0 Å². The topological polar surface area (TPSA) is 63.1 Å². The molecule has 1 aromatic heterocycles. The molecule has 0 aromatic carbocycles. The van der Waals surface area contributed by atoms with Gasteiger partial charge in [0.15, 0.2) is 5.69 Å². The Bertz CT molecular complexity index is 379. The highest BCUT2D eigenvalue weighted by Crippen LogP contribution is 2.29. The van der Waals surface area contributed by atoms with Crippen molar-refractivity contribution >= 4 is 17.7 Å². The molecule has 13 heavy (non-hydrogen) atoms. The molecule has 0 saturated carbocycles. The lowest BCUT2D eigenvalue weighted by molar-refractivity contribution is 0.0689. The maximum absolute atomic E-state index is 10.8. The Morgan fingerprint density at radius 2 is 2.23 bits per heavy atom. The number of hydrogen-bond acceptors (Lipinski definition) is 4. The molecule has 0 radical (unpaired) electrons. The molecule has 0 atom stereocenters. The fourth-order valence-electron chi connectivity index (χ4n) is 1.35. The van der Waals surface area contributed by atoms with Crippen molar-refractivity contribution in [3.63, 3.8) is 0 Å². The van der Waals surface area contributed by atoms with Gasteiger partial charge in [-0.15, -0.1) is 0 Å². The summed E-state index contributed by atoms with van der Waals surface area (Å²) in [7, 11) is 0. The molecule has 5 heteroatoms. The van der Waals surface area contributed by atoms with Gasteiger partial charge in [-0.25, -0.2) is 14.8 Å². The second kappa shape index (κ2) is 2.99. The quantitative estimate of drug-likeness (QED) is 0.731. The van der Waals surface area contributed by atoms with Gasteiger partial charge in [0.05, 0.1) is 5.69 Å². The standard InChI is InChI=1S/C8H8N2O2S/c1-4-9-6-3-13-2-5(6)7(10-4)8(11)12/h2-3H2,1H3,(H,11,12). The third-order valence-corrected chi connectivity index (χ3v) is 2.86. The van der Waals surface area contributed by atoms with Crippen LogP contribution in [0, 0.1) is 6.92 Å². The lowest BCUT2D eigenvalue weighted by Gasteiger charge is -2.02. The molecule has 2 heterocycles. The summed E-state index contributed by atoms with van der Waals surface area (Å²) in [5.41, 5.74) is 1.85. The van der Waals surface area contributed by atoms with Crippen LogP contribution in [-0.2, 0) is 11.5 Å². The number of aromatic nitrogens is 2. The summed E-state index contributed by atoms with van der Waals surface area (Å²) >= 11 is 1.68. The first kappa shape index (κ1) is 8.50. The Morgan fingerprint density at radius 3 is 2.92 bits per heavy atom. The van der Waals surface area contributed by atoms with Gasteiger partial charge in [0, 0.05) is 17.1 Å². The minimum Gasteiger partial charge on any atom is -0.476 e. The summed E-state index contributed by atoms with van der Waals surface area (Å²) in [5.74, 6) is 1.11. The third-order valence-electron chi connectivity index (χ3n) is 1.89. The SMILES string of the molecule is Cc1nc2c(c(C(=O)O)n1)CSC2. The van der Waals surface area contributed by atoms with E-state index >= 15 is 0 Å². The van der Waals surface area contributed by atoms with Gasteiger partial charge in [-0.2, -0.15) is 11.8 Å². The van der Waals surface area contributed by atoms with E-state index in [1.54, 1.807) is 18.7 Å². The van der Waals surface area contributed by atoms with E-state index in [0.717, 1.165) is 22.8 Å². The molecule has 0 saturated heterocycles. The van der Waals surface area contributed by atoms with Crippen LogP contribution in [0.25, 0.3) is 0 Å². The smallest absolute Gasteiger partial charge is 0.354 e. The average molecular weight is 196 g/mol. The molecule has 0 bridgehead atoms. The number of carboxylic acids is 1. The largest absolute Gasteiger partial charge is 0.476 e. The van der Waals surface area contributed by atoms with Gasteiger partial charge in [0.25, 0.3) is 0 Å². The zero-order valence-electron chi connectivity index (χ0n) is 7.07. The first-order valence-electron chi connectivity index (χ1n) is 3.86. The van der Waals surface area contributed by atoms with Crippen LogP contribution in [0.5, 0.6) is 0 Å². The van der Waals surface area contributed by atoms with Crippen molar-refractivity contribution in [1.82, 2.24) is 9.97 Å². The number of aromatic carboxylic acids is 1. The lowest BCUT2D eigenvalue weighted by Crippen LogP contribution is -2.09. The zero-order chi connectivity index (χ0) is 9.42. The maximum atomic E-state index is 10.8. The van der Waals surface area contributed by atoms with Crippen molar-refractivity contribution in [2.24, 2.45) is 0 Å². The van der Waals surface area contributed by atoms with Crippen molar-refractivity contribution in [3.8, 4) is 0 Å². The molecule has 0 unspecified atom stereocenters. The number of aryl methyl sites for hydroxylation is 1. The number of rotatable bonds is 1. The fraction of sp³-hybridized carbons (Fsp3) is 0.375. The predicted octanol–water partition coefficient (Wildman–Crippen LogP) is 1.23. The molecule has 0 amide bonds. The predicted molar refractivity (Wildman–Crippen MR) is 48.7 cm³/mol. The van der Waals surface area contributed by atoms with Gasteiger partial charge in [-0.3, -0.25) is 0 Å². The van der Waals surface area contributed by atoms with Gasteiger partial charge in [-0.1, -0.05) is 0 Å². The molecular weight excluding hydrogens is 188 g/mol. The lowest BCUT2D eigenvalue weighted by atomic mass is 10.2. The van der Waals surface area contributed by atoms with Crippen LogP contribution in [0.15, 0.2) is 0 Å². The highest BCUT2D eigenvalue weighted by molar-refractivity contribution is 7.98. The second-order valence-corrected chi connectivity index (χ2v) is 3.83. The van der Waals surface area contributed by atoms with Crippen molar-refractivity contribution in [1.29, 1.82) is 0 Å². The zero-order valence-corrected chi connectivity index (χ0v) is 7.89. The Kier molecular flexibility index (Phi) is 1.95. The number of fused-ring (bicyclic) bond motifs is 1. The van der Waals surface area contributed by atoms with Crippen molar-refractivity contribution in [2.45, 2.75) is 18.4 Å². The van der Waals surface area contributed by atoms with Crippen LogP contribution >= 0.6 is 11.8 Å². The highest BCUT2D eigenvalue weighted by atomic mass is 32.2. The molecule has 1 aromatic rings. The molecule has 1 aliphatic rings. The van der Waals surface area contributed by atoms with Crippen LogP contribution < -0.4 is 0 Å². The van der Waals surface area contributed by atoms with Crippen molar-refractivity contribution in [3.05, 3.63) is 22.8 Å². The molecule has 1 aliphatic heterocycles. The summed E-state index contributed by atoms with van der Waals surface area (Å²) in [6, 6.07) is 0. The monoisotopic (exact) mass is 196 g/mol. The van der Waals surface area contributed by atoms with Crippen LogP contribution in [0.4, 0.5) is 0 Å². The molecule has 4 nitrogen and oxygen atoms in total. The molecular formula is C8H8N2O2S. The number of nitrogens with zero attached hydrogens (tertiary/aromatic N) is 2. The van der Waals surface area contributed by atoms with Gasteiger partial charge >= 0.3 is 5.97 Å². The summed E-state index contributed by atoms with van der Waals surface area (Å²) in [5, 5.41) is 8.87. The molecule has 0 spiro atoms. The Labute approximate surface area is 79.4 Å². The number of hydrogen-bond donors (Lipinski definition) is 1. The molecule has 1 N–H and O–H groups in total. The average Bonchev–Trinajstić information content (AvgIpc) is 2.49.